The molecule has 0 saturated carbocycles. The Bertz CT molecular complexity index is 369. The maximum absolute atomic E-state index is 13.1. The molecule has 0 spiro atoms. The third-order valence-electron chi connectivity index (χ3n) is 1.55. The average Bonchev–Trinajstić information content (AvgIpc) is 2.19. The van der Waals surface area contributed by atoms with Crippen molar-refractivity contribution in [2.45, 2.75) is 0 Å². The summed E-state index contributed by atoms with van der Waals surface area (Å²) in [4.78, 5) is 10.7. The molecule has 0 saturated heterocycles. The van der Waals surface area contributed by atoms with E-state index in [0.717, 1.165) is 19.2 Å². The number of nitrogens with one attached hydrogen (secondary N) is 1. The largest absolute Gasteiger partial charge is 0.453 e. The van der Waals surface area contributed by atoms with Crippen molar-refractivity contribution < 1.29 is 18.3 Å². The summed E-state index contributed by atoms with van der Waals surface area (Å²) in [6.45, 7) is 0. The van der Waals surface area contributed by atoms with Crippen LogP contribution in [0.4, 0.5) is 25.0 Å². The lowest BCUT2D eigenvalue weighted by Gasteiger charge is -2.06. The van der Waals surface area contributed by atoms with Gasteiger partial charge < -0.3 is 10.5 Å². The van der Waals surface area contributed by atoms with Crippen molar-refractivity contribution in [1.29, 1.82) is 0 Å². The minimum atomic E-state index is -1.02. The van der Waals surface area contributed by atoms with Gasteiger partial charge in [-0.1, -0.05) is 0 Å². The number of carbonyl (C=O) groups excluding carboxylic acids is 1. The van der Waals surface area contributed by atoms with Crippen molar-refractivity contribution >= 4 is 17.5 Å². The van der Waals surface area contributed by atoms with Crippen LogP contribution in [0.1, 0.15) is 0 Å². The normalized spacial score (nSPS) is 9.64. The zero-order chi connectivity index (χ0) is 10.7. The molecule has 0 aliphatic heterocycles. The van der Waals surface area contributed by atoms with Gasteiger partial charge in [-0.2, -0.15) is 0 Å². The van der Waals surface area contributed by atoms with Gasteiger partial charge in [0, 0.05) is 0 Å². The van der Waals surface area contributed by atoms with E-state index < -0.39 is 23.4 Å². The number of rotatable bonds is 1. The van der Waals surface area contributed by atoms with Crippen LogP contribution < -0.4 is 11.1 Å². The van der Waals surface area contributed by atoms with Gasteiger partial charge in [-0.05, 0) is 12.1 Å². The Balaban J connectivity index is 3.00. The molecule has 4 nitrogen and oxygen atoms in total. The van der Waals surface area contributed by atoms with E-state index >= 15 is 0 Å². The van der Waals surface area contributed by atoms with Crippen LogP contribution in [0, 0.1) is 11.6 Å². The second kappa shape index (κ2) is 3.91. The molecule has 0 unspecified atom stereocenters. The Kier molecular flexibility index (Phi) is 2.85. The third-order valence-corrected chi connectivity index (χ3v) is 1.55. The summed E-state index contributed by atoms with van der Waals surface area (Å²) in [6.07, 6.45) is -0.852. The van der Waals surface area contributed by atoms with Gasteiger partial charge in [0.15, 0.2) is 5.82 Å². The fourth-order valence-corrected chi connectivity index (χ4v) is 0.827. The molecule has 0 aromatic heterocycles. The molecular formula is C8H8F2N2O2. The molecule has 1 rings (SSSR count). The van der Waals surface area contributed by atoms with Crippen LogP contribution in [-0.4, -0.2) is 13.2 Å². The summed E-state index contributed by atoms with van der Waals surface area (Å²) in [5.74, 6) is -1.90. The first-order valence-corrected chi connectivity index (χ1v) is 3.64. The number of nitrogen functional groups attached to an aromatic ring is 1. The molecule has 3 N–H and O–H groups in total. The summed E-state index contributed by atoms with van der Waals surface area (Å²) in [6, 6.07) is 2.00. The zero-order valence-corrected chi connectivity index (χ0v) is 7.30. The Labute approximate surface area is 78.7 Å². The first kappa shape index (κ1) is 10.2. The van der Waals surface area contributed by atoms with E-state index in [1.54, 1.807) is 0 Å². The fourth-order valence-electron chi connectivity index (χ4n) is 0.827. The molecule has 76 valence electrons. The van der Waals surface area contributed by atoms with Crippen molar-refractivity contribution in [3.05, 3.63) is 23.8 Å². The summed E-state index contributed by atoms with van der Waals surface area (Å²) >= 11 is 0. The van der Waals surface area contributed by atoms with Gasteiger partial charge >= 0.3 is 6.09 Å². The summed E-state index contributed by atoms with van der Waals surface area (Å²) < 4.78 is 30.0. The SMILES string of the molecule is COC(=O)Nc1ccc(F)c(N)c1F. The highest BCUT2D eigenvalue weighted by Crippen LogP contribution is 2.22. The molecule has 1 aromatic carbocycles. The monoisotopic (exact) mass is 202 g/mol. The molecule has 0 aliphatic carbocycles. The number of carbonyl (C=O) groups is 1. The number of nitrogens with two attached hydrogens (primary N) is 1. The lowest BCUT2D eigenvalue weighted by atomic mass is 10.2. The van der Waals surface area contributed by atoms with E-state index in [0.29, 0.717) is 0 Å². The van der Waals surface area contributed by atoms with Crippen LogP contribution in [0.25, 0.3) is 0 Å². The van der Waals surface area contributed by atoms with E-state index in [1.807, 2.05) is 5.32 Å². The van der Waals surface area contributed by atoms with Crippen LogP contribution in [0.15, 0.2) is 12.1 Å². The lowest BCUT2D eigenvalue weighted by molar-refractivity contribution is 0.187. The third kappa shape index (κ3) is 1.90. The van der Waals surface area contributed by atoms with E-state index in [2.05, 4.69) is 4.74 Å². The van der Waals surface area contributed by atoms with Gasteiger partial charge in [-0.3, -0.25) is 5.32 Å². The summed E-state index contributed by atoms with van der Waals surface area (Å²) in [5, 5.41) is 2.05. The predicted molar refractivity (Wildman–Crippen MR) is 46.8 cm³/mol. The number of hydrogen-bond acceptors (Lipinski definition) is 3. The first-order chi connectivity index (χ1) is 6.56. The van der Waals surface area contributed by atoms with Gasteiger partial charge in [0.25, 0.3) is 0 Å². The van der Waals surface area contributed by atoms with E-state index in [9.17, 15) is 13.6 Å². The van der Waals surface area contributed by atoms with Gasteiger partial charge in [-0.25, -0.2) is 13.6 Å². The minimum Gasteiger partial charge on any atom is -0.453 e. The molecule has 6 heteroatoms. The molecule has 14 heavy (non-hydrogen) atoms. The summed E-state index contributed by atoms with van der Waals surface area (Å²) in [7, 11) is 1.13. The highest BCUT2D eigenvalue weighted by molar-refractivity contribution is 5.85. The predicted octanol–water partition coefficient (Wildman–Crippen LogP) is 1.73. The second-order valence-electron chi connectivity index (χ2n) is 2.44. The van der Waals surface area contributed by atoms with Gasteiger partial charge in [-0.15, -0.1) is 0 Å². The summed E-state index contributed by atoms with van der Waals surface area (Å²) in [5.41, 5.74) is 4.19. The maximum Gasteiger partial charge on any atom is 0.411 e. The second-order valence-corrected chi connectivity index (χ2v) is 2.44. The molecule has 0 bridgehead atoms. The van der Waals surface area contributed by atoms with Gasteiger partial charge in [0.05, 0.1) is 12.8 Å². The Morgan fingerprint density at radius 3 is 2.71 bits per heavy atom. The molecule has 0 radical (unpaired) electrons. The van der Waals surface area contributed by atoms with Crippen molar-refractivity contribution in [3.63, 3.8) is 0 Å². The molecule has 0 atom stereocenters. The lowest BCUT2D eigenvalue weighted by Crippen LogP contribution is -2.13. The molecule has 1 aromatic rings. The highest BCUT2D eigenvalue weighted by atomic mass is 19.1. The van der Waals surface area contributed by atoms with Crippen molar-refractivity contribution in [2.75, 3.05) is 18.2 Å². The Morgan fingerprint density at radius 2 is 2.14 bits per heavy atom. The number of halogens is 2. The number of ether oxygens (including phenoxy) is 1. The maximum atomic E-state index is 13.1. The standard InChI is InChI=1S/C8H8F2N2O2/c1-14-8(13)12-5-3-2-4(9)7(11)6(5)10/h2-3H,11H2,1H3,(H,12,13). The molecule has 0 aliphatic rings. The Hall–Kier alpha value is -1.85. The fraction of sp³-hybridized carbons (Fsp3) is 0.125. The quantitative estimate of drug-likeness (QED) is 0.681. The number of anilines is 2. The highest BCUT2D eigenvalue weighted by Gasteiger charge is 2.12. The topological polar surface area (TPSA) is 64.3 Å². The minimum absolute atomic E-state index is 0.226. The zero-order valence-electron chi connectivity index (χ0n) is 7.30. The van der Waals surface area contributed by atoms with Crippen molar-refractivity contribution in [3.8, 4) is 0 Å². The molecule has 0 fully saturated rings. The Morgan fingerprint density at radius 1 is 1.50 bits per heavy atom. The van der Waals surface area contributed by atoms with Crippen LogP contribution in [-0.2, 0) is 4.74 Å². The van der Waals surface area contributed by atoms with Crippen molar-refractivity contribution in [1.82, 2.24) is 0 Å². The van der Waals surface area contributed by atoms with E-state index in [-0.39, 0.29) is 5.69 Å². The van der Waals surface area contributed by atoms with Crippen LogP contribution in [0.5, 0.6) is 0 Å². The number of methoxy groups -OCH3 is 1. The smallest absolute Gasteiger partial charge is 0.411 e. The van der Waals surface area contributed by atoms with Crippen LogP contribution in [0.3, 0.4) is 0 Å². The van der Waals surface area contributed by atoms with E-state index in [1.165, 1.54) is 0 Å². The number of amides is 1. The number of benzene rings is 1. The van der Waals surface area contributed by atoms with Crippen LogP contribution >= 0.6 is 0 Å². The van der Waals surface area contributed by atoms with Crippen LogP contribution in [0.2, 0.25) is 0 Å². The number of hydrogen-bond donors (Lipinski definition) is 2. The van der Waals surface area contributed by atoms with Crippen molar-refractivity contribution in [2.24, 2.45) is 0 Å². The first-order valence-electron chi connectivity index (χ1n) is 3.64. The molecule has 0 heterocycles. The van der Waals surface area contributed by atoms with Gasteiger partial charge in [0.1, 0.15) is 11.5 Å². The van der Waals surface area contributed by atoms with Gasteiger partial charge in [0.2, 0.25) is 0 Å². The molecular weight excluding hydrogens is 194 g/mol. The molecule has 1 amide bonds. The van der Waals surface area contributed by atoms with E-state index in [4.69, 9.17) is 5.73 Å². The average molecular weight is 202 g/mol.